The van der Waals surface area contributed by atoms with Crippen molar-refractivity contribution in [3.63, 3.8) is 0 Å². The molecule has 0 saturated heterocycles. The Morgan fingerprint density at radius 2 is 1.89 bits per heavy atom. The minimum absolute atomic E-state index is 0.0843. The number of amides is 1. The van der Waals surface area contributed by atoms with Gasteiger partial charge in [-0.15, -0.1) is 0 Å². The molecule has 102 valence electrons. The van der Waals surface area contributed by atoms with Crippen LogP contribution in [0.1, 0.15) is 59.4 Å². The highest BCUT2D eigenvalue weighted by molar-refractivity contribution is 5.95. The molecule has 1 saturated carbocycles. The predicted octanol–water partition coefficient (Wildman–Crippen LogP) is 2.23. The largest absolute Gasteiger partial charge is 0.478 e. The molecule has 1 heterocycles. The lowest BCUT2D eigenvalue weighted by molar-refractivity contribution is 0.0696. The molecule has 0 spiro atoms. The smallest absolute Gasteiger partial charge is 0.335 e. The zero-order valence-electron chi connectivity index (χ0n) is 10.8. The molecule has 5 heteroatoms. The molecule has 1 amide bonds. The molecule has 2 N–H and O–H groups in total. The van der Waals surface area contributed by atoms with Crippen molar-refractivity contribution in [1.82, 2.24) is 10.3 Å². The molecular weight excluding hydrogens is 244 g/mol. The van der Waals surface area contributed by atoms with Crippen LogP contribution in [0.4, 0.5) is 0 Å². The van der Waals surface area contributed by atoms with E-state index < -0.39 is 5.97 Å². The first-order chi connectivity index (χ1) is 9.16. The van der Waals surface area contributed by atoms with E-state index in [1.807, 2.05) is 0 Å². The molecule has 1 aromatic heterocycles. The fourth-order valence-corrected chi connectivity index (χ4v) is 2.37. The van der Waals surface area contributed by atoms with Crippen LogP contribution in [0.3, 0.4) is 0 Å². The number of pyridine rings is 1. The van der Waals surface area contributed by atoms with Crippen LogP contribution in [0.15, 0.2) is 18.3 Å². The minimum atomic E-state index is -1.05. The summed E-state index contributed by atoms with van der Waals surface area (Å²) in [6.07, 6.45) is 8.04. The van der Waals surface area contributed by atoms with E-state index in [1.54, 1.807) is 0 Å². The summed E-state index contributed by atoms with van der Waals surface area (Å²) in [6.45, 7) is 0. The summed E-state index contributed by atoms with van der Waals surface area (Å²) >= 11 is 0. The number of carboxylic acids is 1. The topological polar surface area (TPSA) is 79.3 Å². The molecule has 1 aliphatic carbocycles. The van der Waals surface area contributed by atoms with Crippen LogP contribution in [-0.4, -0.2) is 28.0 Å². The van der Waals surface area contributed by atoms with Gasteiger partial charge in [-0.2, -0.15) is 0 Å². The van der Waals surface area contributed by atoms with Gasteiger partial charge < -0.3 is 10.4 Å². The molecule has 0 atom stereocenters. The summed E-state index contributed by atoms with van der Waals surface area (Å²) in [7, 11) is 0. The number of aromatic carboxylic acids is 1. The highest BCUT2D eigenvalue weighted by Crippen LogP contribution is 2.17. The Hall–Kier alpha value is -1.91. The summed E-state index contributed by atoms with van der Waals surface area (Å²) in [5, 5.41) is 11.8. The summed E-state index contributed by atoms with van der Waals surface area (Å²) in [5.41, 5.74) is 0.255. The van der Waals surface area contributed by atoms with Gasteiger partial charge in [0.05, 0.1) is 5.56 Å². The van der Waals surface area contributed by atoms with Crippen molar-refractivity contribution in [3.8, 4) is 0 Å². The molecule has 19 heavy (non-hydrogen) atoms. The van der Waals surface area contributed by atoms with Crippen LogP contribution in [-0.2, 0) is 0 Å². The maximum Gasteiger partial charge on any atom is 0.335 e. The van der Waals surface area contributed by atoms with E-state index in [4.69, 9.17) is 5.11 Å². The molecule has 0 aliphatic heterocycles. The quantitative estimate of drug-likeness (QED) is 0.819. The normalized spacial score (nSPS) is 16.6. The van der Waals surface area contributed by atoms with E-state index >= 15 is 0 Å². The van der Waals surface area contributed by atoms with E-state index in [-0.39, 0.29) is 23.2 Å². The first-order valence-corrected chi connectivity index (χ1v) is 6.67. The number of aromatic nitrogens is 1. The molecule has 0 bridgehead atoms. The van der Waals surface area contributed by atoms with Gasteiger partial charge in [0.2, 0.25) is 0 Å². The molecule has 1 fully saturated rings. The Morgan fingerprint density at radius 3 is 2.53 bits per heavy atom. The van der Waals surface area contributed by atoms with Crippen LogP contribution < -0.4 is 5.32 Å². The third-order valence-electron chi connectivity index (χ3n) is 3.43. The van der Waals surface area contributed by atoms with E-state index in [1.165, 1.54) is 31.2 Å². The summed E-state index contributed by atoms with van der Waals surface area (Å²) in [5.74, 6) is -1.33. The van der Waals surface area contributed by atoms with Gasteiger partial charge in [-0.1, -0.05) is 25.7 Å². The first-order valence-electron chi connectivity index (χ1n) is 6.67. The van der Waals surface area contributed by atoms with Gasteiger partial charge in [0.1, 0.15) is 5.69 Å². The van der Waals surface area contributed by atoms with Crippen molar-refractivity contribution in [3.05, 3.63) is 29.6 Å². The Kier molecular flexibility index (Phi) is 4.49. The Bertz CT molecular complexity index is 466. The zero-order valence-corrected chi connectivity index (χ0v) is 10.8. The maximum atomic E-state index is 12.0. The van der Waals surface area contributed by atoms with Gasteiger partial charge in [0, 0.05) is 12.2 Å². The van der Waals surface area contributed by atoms with Crippen LogP contribution in [0.5, 0.6) is 0 Å². The lowest BCUT2D eigenvalue weighted by Gasteiger charge is -2.15. The molecule has 0 aromatic carbocycles. The van der Waals surface area contributed by atoms with Crippen molar-refractivity contribution >= 4 is 11.9 Å². The molecule has 1 aliphatic rings. The van der Waals surface area contributed by atoms with Crippen molar-refractivity contribution in [2.45, 2.75) is 44.6 Å². The monoisotopic (exact) mass is 262 g/mol. The number of nitrogens with one attached hydrogen (secondary N) is 1. The molecule has 0 unspecified atom stereocenters. The third-order valence-corrected chi connectivity index (χ3v) is 3.43. The number of hydrogen-bond acceptors (Lipinski definition) is 3. The van der Waals surface area contributed by atoms with E-state index in [9.17, 15) is 9.59 Å². The van der Waals surface area contributed by atoms with E-state index in [0.29, 0.717) is 0 Å². The van der Waals surface area contributed by atoms with Gasteiger partial charge in [-0.05, 0) is 25.0 Å². The molecule has 2 rings (SSSR count). The number of carboxylic acid groups (broad SMARTS) is 1. The van der Waals surface area contributed by atoms with Gasteiger partial charge >= 0.3 is 5.97 Å². The second kappa shape index (κ2) is 6.31. The number of nitrogens with zero attached hydrogens (tertiary/aromatic N) is 1. The zero-order chi connectivity index (χ0) is 13.7. The van der Waals surface area contributed by atoms with Gasteiger partial charge in [-0.3, -0.25) is 9.78 Å². The van der Waals surface area contributed by atoms with Crippen LogP contribution in [0, 0.1) is 0 Å². The van der Waals surface area contributed by atoms with Gasteiger partial charge in [-0.25, -0.2) is 4.79 Å². The highest BCUT2D eigenvalue weighted by Gasteiger charge is 2.17. The Labute approximate surface area is 112 Å². The number of carbonyl (C=O) groups is 2. The fourth-order valence-electron chi connectivity index (χ4n) is 2.37. The van der Waals surface area contributed by atoms with Crippen LogP contribution in [0.25, 0.3) is 0 Å². The third kappa shape index (κ3) is 3.77. The summed E-state index contributed by atoms with van der Waals surface area (Å²) in [6, 6.07) is 2.88. The average Bonchev–Trinajstić information content (AvgIpc) is 2.67. The van der Waals surface area contributed by atoms with Gasteiger partial charge in [0.15, 0.2) is 0 Å². The van der Waals surface area contributed by atoms with Gasteiger partial charge in [0.25, 0.3) is 5.91 Å². The fraction of sp³-hybridized carbons (Fsp3) is 0.500. The SMILES string of the molecule is O=C(O)c1ccnc(C(=O)NC2CCCCCC2)c1. The second-order valence-corrected chi connectivity index (χ2v) is 4.90. The maximum absolute atomic E-state index is 12.0. The second-order valence-electron chi connectivity index (χ2n) is 4.90. The van der Waals surface area contributed by atoms with Crippen molar-refractivity contribution < 1.29 is 14.7 Å². The van der Waals surface area contributed by atoms with Crippen molar-refractivity contribution in [2.24, 2.45) is 0 Å². The summed E-state index contributed by atoms with van der Waals surface area (Å²) in [4.78, 5) is 26.8. The minimum Gasteiger partial charge on any atom is -0.478 e. The van der Waals surface area contributed by atoms with E-state index in [2.05, 4.69) is 10.3 Å². The van der Waals surface area contributed by atoms with E-state index in [0.717, 1.165) is 25.7 Å². The highest BCUT2D eigenvalue weighted by atomic mass is 16.4. The van der Waals surface area contributed by atoms with Crippen molar-refractivity contribution in [1.29, 1.82) is 0 Å². The number of rotatable bonds is 3. The Balaban J connectivity index is 2.02. The standard InChI is InChI=1S/C14H18N2O3/c17-13(16-11-5-3-1-2-4-6-11)12-9-10(14(18)19)7-8-15-12/h7-9,11H,1-6H2,(H,16,17)(H,18,19). The van der Waals surface area contributed by atoms with Crippen LogP contribution >= 0.6 is 0 Å². The van der Waals surface area contributed by atoms with Crippen molar-refractivity contribution in [2.75, 3.05) is 0 Å². The molecule has 0 radical (unpaired) electrons. The Morgan fingerprint density at radius 1 is 1.21 bits per heavy atom. The molecule has 1 aromatic rings. The lowest BCUT2D eigenvalue weighted by atomic mass is 10.1. The lowest BCUT2D eigenvalue weighted by Crippen LogP contribution is -2.35. The summed E-state index contributed by atoms with van der Waals surface area (Å²) < 4.78 is 0. The first kappa shape index (κ1) is 13.5. The molecular formula is C14H18N2O3. The predicted molar refractivity (Wildman–Crippen MR) is 70.2 cm³/mol. The number of carbonyl (C=O) groups excluding carboxylic acids is 1. The number of hydrogen-bond donors (Lipinski definition) is 2. The average molecular weight is 262 g/mol. The molecule has 5 nitrogen and oxygen atoms in total. The van der Waals surface area contributed by atoms with Crippen LogP contribution in [0.2, 0.25) is 0 Å².